The summed E-state index contributed by atoms with van der Waals surface area (Å²) in [5, 5.41) is 0.700. The summed E-state index contributed by atoms with van der Waals surface area (Å²) in [4.78, 5) is 2.90. The zero-order valence-corrected chi connectivity index (χ0v) is 8.35. The lowest BCUT2D eigenvalue weighted by Crippen LogP contribution is -2.17. The van der Waals surface area contributed by atoms with Crippen molar-refractivity contribution in [2.45, 2.75) is 19.4 Å². The zero-order valence-electron chi connectivity index (χ0n) is 8.35. The Kier molecular flexibility index (Phi) is 2.44. The summed E-state index contributed by atoms with van der Waals surface area (Å²) in [5.41, 5.74) is 7.18. The monoisotopic (exact) mass is 210 g/mol. The van der Waals surface area contributed by atoms with E-state index in [4.69, 9.17) is 5.73 Å². The Morgan fingerprint density at radius 3 is 2.67 bits per heavy atom. The number of nitrogens with two attached hydrogens (primary N) is 1. The van der Waals surface area contributed by atoms with E-state index < -0.39 is 11.6 Å². The van der Waals surface area contributed by atoms with Crippen LogP contribution in [0.3, 0.4) is 0 Å². The molecule has 2 aromatic rings. The van der Waals surface area contributed by atoms with E-state index in [0.29, 0.717) is 17.3 Å². The topological polar surface area (TPSA) is 41.8 Å². The lowest BCUT2D eigenvalue weighted by molar-refractivity contribution is 0.511. The number of nitrogens with one attached hydrogen (secondary N) is 1. The largest absolute Gasteiger partial charge is 0.361 e. The van der Waals surface area contributed by atoms with Crippen LogP contribution in [-0.2, 0) is 6.42 Å². The third-order valence-corrected chi connectivity index (χ3v) is 2.35. The number of hydrogen-bond donors (Lipinski definition) is 2. The van der Waals surface area contributed by atoms with Crippen molar-refractivity contribution in [1.29, 1.82) is 0 Å². The minimum atomic E-state index is -0.836. The molecular weight excluding hydrogens is 198 g/mol. The lowest BCUT2D eigenvalue weighted by Gasteiger charge is -2.03. The molecule has 2 nitrogen and oxygen atoms in total. The highest BCUT2D eigenvalue weighted by Crippen LogP contribution is 2.22. The first-order valence-corrected chi connectivity index (χ1v) is 4.78. The molecule has 1 aromatic heterocycles. The molecule has 0 bridgehead atoms. The van der Waals surface area contributed by atoms with Crippen LogP contribution in [0.4, 0.5) is 8.78 Å². The average Bonchev–Trinajstić information content (AvgIpc) is 2.49. The standard InChI is InChI=1S/C11H12F2N2/c1-6(14)2-7-5-15-11-4-10(13)9(12)3-8(7)11/h3-6,15H,2,14H2,1H3. The summed E-state index contributed by atoms with van der Waals surface area (Å²) in [6, 6.07) is 2.37. The molecule has 0 aliphatic carbocycles. The summed E-state index contributed by atoms with van der Waals surface area (Å²) in [7, 11) is 0. The first-order chi connectivity index (χ1) is 7.08. The van der Waals surface area contributed by atoms with Gasteiger partial charge >= 0.3 is 0 Å². The van der Waals surface area contributed by atoms with Crippen LogP contribution in [0, 0.1) is 11.6 Å². The molecule has 0 fully saturated rings. The molecule has 2 rings (SSSR count). The molecule has 1 unspecified atom stereocenters. The molecule has 1 aromatic carbocycles. The van der Waals surface area contributed by atoms with Gasteiger partial charge in [-0.1, -0.05) is 0 Å². The molecule has 1 atom stereocenters. The highest BCUT2D eigenvalue weighted by Gasteiger charge is 2.10. The van der Waals surface area contributed by atoms with Crippen LogP contribution in [0.2, 0.25) is 0 Å². The quantitative estimate of drug-likeness (QED) is 0.784. The smallest absolute Gasteiger partial charge is 0.160 e. The van der Waals surface area contributed by atoms with Crippen LogP contribution in [0.5, 0.6) is 0 Å². The van der Waals surface area contributed by atoms with Crippen molar-refractivity contribution in [2.24, 2.45) is 5.73 Å². The minimum absolute atomic E-state index is 0.00267. The van der Waals surface area contributed by atoms with E-state index >= 15 is 0 Å². The van der Waals surface area contributed by atoms with Crippen LogP contribution in [0.25, 0.3) is 10.9 Å². The van der Waals surface area contributed by atoms with Crippen molar-refractivity contribution in [1.82, 2.24) is 4.98 Å². The van der Waals surface area contributed by atoms with Gasteiger partial charge in [0.15, 0.2) is 11.6 Å². The van der Waals surface area contributed by atoms with Gasteiger partial charge in [0.05, 0.1) is 0 Å². The molecule has 1 heterocycles. The number of hydrogen-bond acceptors (Lipinski definition) is 1. The van der Waals surface area contributed by atoms with Gasteiger partial charge < -0.3 is 10.7 Å². The van der Waals surface area contributed by atoms with Crippen LogP contribution in [0.15, 0.2) is 18.3 Å². The van der Waals surface area contributed by atoms with Crippen LogP contribution in [-0.4, -0.2) is 11.0 Å². The van der Waals surface area contributed by atoms with Crippen molar-refractivity contribution in [3.8, 4) is 0 Å². The Morgan fingerprint density at radius 1 is 1.33 bits per heavy atom. The number of rotatable bonds is 2. The number of benzene rings is 1. The Labute approximate surface area is 86.1 Å². The second kappa shape index (κ2) is 3.62. The zero-order chi connectivity index (χ0) is 11.0. The van der Waals surface area contributed by atoms with E-state index in [2.05, 4.69) is 4.98 Å². The van der Waals surface area contributed by atoms with E-state index in [1.807, 2.05) is 6.92 Å². The van der Waals surface area contributed by atoms with Gasteiger partial charge in [-0.05, 0) is 25.0 Å². The fourth-order valence-electron chi connectivity index (χ4n) is 1.69. The number of H-pyrrole nitrogens is 1. The molecular formula is C11H12F2N2. The Balaban J connectivity index is 2.54. The third-order valence-electron chi connectivity index (χ3n) is 2.35. The number of aromatic amines is 1. The van der Waals surface area contributed by atoms with Crippen molar-refractivity contribution in [3.63, 3.8) is 0 Å². The molecule has 4 heteroatoms. The molecule has 0 aliphatic heterocycles. The fourth-order valence-corrected chi connectivity index (χ4v) is 1.69. The summed E-state index contributed by atoms with van der Waals surface area (Å²) < 4.78 is 25.9. The van der Waals surface area contributed by atoms with E-state index in [1.165, 1.54) is 6.07 Å². The first-order valence-electron chi connectivity index (χ1n) is 4.78. The predicted octanol–water partition coefficient (Wildman–Crippen LogP) is 2.34. The second-order valence-electron chi connectivity index (χ2n) is 3.81. The van der Waals surface area contributed by atoms with Gasteiger partial charge in [0, 0.05) is 29.2 Å². The Hall–Kier alpha value is -1.42. The molecule has 0 amide bonds. The number of fused-ring (bicyclic) bond motifs is 1. The third kappa shape index (κ3) is 1.85. The van der Waals surface area contributed by atoms with Crippen LogP contribution < -0.4 is 5.73 Å². The molecule has 0 aliphatic rings. The van der Waals surface area contributed by atoms with E-state index in [1.54, 1.807) is 6.20 Å². The summed E-state index contributed by atoms with van der Waals surface area (Å²) >= 11 is 0. The van der Waals surface area contributed by atoms with Crippen molar-refractivity contribution in [3.05, 3.63) is 35.5 Å². The van der Waals surface area contributed by atoms with Gasteiger partial charge in [-0.3, -0.25) is 0 Å². The molecule has 3 N–H and O–H groups in total. The van der Waals surface area contributed by atoms with Gasteiger partial charge in [-0.25, -0.2) is 8.78 Å². The molecule has 80 valence electrons. The van der Waals surface area contributed by atoms with Crippen molar-refractivity contribution in [2.75, 3.05) is 0 Å². The van der Waals surface area contributed by atoms with Gasteiger partial charge in [0.1, 0.15) is 0 Å². The lowest BCUT2D eigenvalue weighted by atomic mass is 10.1. The van der Waals surface area contributed by atoms with E-state index in [0.717, 1.165) is 11.6 Å². The molecule has 0 saturated carbocycles. The number of halogens is 2. The maximum absolute atomic E-state index is 13.0. The minimum Gasteiger partial charge on any atom is -0.361 e. The maximum Gasteiger partial charge on any atom is 0.160 e. The average molecular weight is 210 g/mol. The second-order valence-corrected chi connectivity index (χ2v) is 3.81. The van der Waals surface area contributed by atoms with Gasteiger partial charge in [-0.15, -0.1) is 0 Å². The maximum atomic E-state index is 13.0. The molecule has 15 heavy (non-hydrogen) atoms. The van der Waals surface area contributed by atoms with Gasteiger partial charge in [-0.2, -0.15) is 0 Å². The number of aromatic nitrogens is 1. The normalized spacial score (nSPS) is 13.3. The summed E-state index contributed by atoms with van der Waals surface area (Å²) in [5.74, 6) is -1.66. The SMILES string of the molecule is CC(N)Cc1c[nH]c2cc(F)c(F)cc12. The fraction of sp³-hybridized carbons (Fsp3) is 0.273. The van der Waals surface area contributed by atoms with Crippen molar-refractivity contribution >= 4 is 10.9 Å². The molecule has 0 spiro atoms. The first kappa shape index (κ1) is 10.1. The van der Waals surface area contributed by atoms with Crippen molar-refractivity contribution < 1.29 is 8.78 Å². The van der Waals surface area contributed by atoms with Crippen LogP contribution >= 0.6 is 0 Å². The summed E-state index contributed by atoms with van der Waals surface area (Å²) in [6.07, 6.45) is 2.39. The van der Waals surface area contributed by atoms with Gasteiger partial charge in [0.25, 0.3) is 0 Å². The highest BCUT2D eigenvalue weighted by atomic mass is 19.2. The molecule has 0 saturated heterocycles. The highest BCUT2D eigenvalue weighted by molar-refractivity contribution is 5.83. The van der Waals surface area contributed by atoms with Crippen LogP contribution in [0.1, 0.15) is 12.5 Å². The van der Waals surface area contributed by atoms with Gasteiger partial charge in [0.2, 0.25) is 0 Å². The Morgan fingerprint density at radius 2 is 2.00 bits per heavy atom. The van der Waals surface area contributed by atoms with E-state index in [-0.39, 0.29) is 6.04 Å². The predicted molar refractivity (Wildman–Crippen MR) is 55.6 cm³/mol. The Bertz CT molecular complexity index is 489. The molecule has 0 radical (unpaired) electrons. The summed E-state index contributed by atoms with van der Waals surface area (Å²) in [6.45, 7) is 1.87. The van der Waals surface area contributed by atoms with E-state index in [9.17, 15) is 8.78 Å².